The zero-order valence-corrected chi connectivity index (χ0v) is 23.7. The van der Waals surface area contributed by atoms with Gasteiger partial charge in [-0.15, -0.1) is 0 Å². The molecule has 0 atom stereocenters. The Morgan fingerprint density at radius 1 is 1.05 bits per heavy atom. The van der Waals surface area contributed by atoms with Crippen LogP contribution in [0.3, 0.4) is 0 Å². The van der Waals surface area contributed by atoms with E-state index in [0.717, 1.165) is 10.9 Å². The first-order valence-electron chi connectivity index (χ1n) is 13.6. The molecule has 1 saturated heterocycles. The van der Waals surface area contributed by atoms with Crippen molar-refractivity contribution in [2.45, 2.75) is 39.3 Å². The molecule has 1 aliphatic rings. The third-order valence-electron chi connectivity index (χ3n) is 6.71. The number of aromatic nitrogens is 3. The first-order valence-corrected chi connectivity index (χ1v) is 13.6. The number of piperazine rings is 1. The molecule has 0 aliphatic carbocycles. The molecular weight excluding hydrogens is 544 g/mol. The molecule has 220 valence electrons. The maximum Gasteiger partial charge on any atom is 0.410 e. The number of carbonyl (C=O) groups is 2. The number of rotatable bonds is 7. The number of alkyl halides is 2. The summed E-state index contributed by atoms with van der Waals surface area (Å²) in [5.74, 6) is -0.168. The predicted molar refractivity (Wildman–Crippen MR) is 156 cm³/mol. The van der Waals surface area contributed by atoms with Crippen LogP contribution in [0.4, 0.5) is 30.8 Å². The second-order valence-electron chi connectivity index (χ2n) is 11.2. The molecule has 3 N–H and O–H groups in total. The van der Waals surface area contributed by atoms with Crippen LogP contribution in [-0.4, -0.2) is 68.8 Å². The highest BCUT2D eigenvalue weighted by atomic mass is 19.3. The Kier molecular flexibility index (Phi) is 8.34. The molecule has 2 amide bonds. The lowest BCUT2D eigenvalue weighted by Crippen LogP contribution is -2.49. The number of H-pyrrole nitrogens is 1. The largest absolute Gasteiger partial charge is 0.444 e. The first kappa shape index (κ1) is 28.9. The van der Waals surface area contributed by atoms with Gasteiger partial charge < -0.3 is 20.3 Å². The summed E-state index contributed by atoms with van der Waals surface area (Å²) in [6.45, 7) is 7.92. The second kappa shape index (κ2) is 12.1. The monoisotopic (exact) mass is 577 g/mol. The Labute approximate surface area is 242 Å². The smallest absolute Gasteiger partial charge is 0.410 e. The Morgan fingerprint density at radius 2 is 1.83 bits per heavy atom. The van der Waals surface area contributed by atoms with E-state index in [2.05, 4.69) is 30.7 Å². The van der Waals surface area contributed by atoms with Gasteiger partial charge in [0.1, 0.15) is 11.4 Å². The van der Waals surface area contributed by atoms with Crippen LogP contribution >= 0.6 is 0 Å². The van der Waals surface area contributed by atoms with Crippen LogP contribution in [0, 0.1) is 0 Å². The fourth-order valence-electron chi connectivity index (χ4n) is 4.72. The summed E-state index contributed by atoms with van der Waals surface area (Å²) >= 11 is 0. The first-order chi connectivity index (χ1) is 20.0. The van der Waals surface area contributed by atoms with E-state index in [1.54, 1.807) is 35.5 Å². The van der Waals surface area contributed by atoms with Crippen molar-refractivity contribution in [2.24, 2.45) is 0 Å². The summed E-state index contributed by atoms with van der Waals surface area (Å²) in [5.41, 5.74) is 1.90. The van der Waals surface area contributed by atoms with E-state index in [1.165, 1.54) is 12.1 Å². The topological polar surface area (TPSA) is 115 Å². The van der Waals surface area contributed by atoms with Gasteiger partial charge >= 0.3 is 6.09 Å². The quantitative estimate of drug-likeness (QED) is 0.249. The van der Waals surface area contributed by atoms with Crippen molar-refractivity contribution in [3.8, 4) is 0 Å². The Morgan fingerprint density at radius 3 is 2.57 bits per heavy atom. The van der Waals surface area contributed by atoms with Gasteiger partial charge in [-0.3, -0.25) is 14.8 Å². The van der Waals surface area contributed by atoms with E-state index in [0.29, 0.717) is 49.8 Å². The van der Waals surface area contributed by atoms with Gasteiger partial charge in [0, 0.05) is 61.2 Å². The van der Waals surface area contributed by atoms with E-state index >= 15 is 0 Å². The van der Waals surface area contributed by atoms with Crippen LogP contribution in [0.2, 0.25) is 0 Å². The minimum atomic E-state index is -2.71. The highest BCUT2D eigenvalue weighted by Gasteiger charge is 2.26. The van der Waals surface area contributed by atoms with Gasteiger partial charge in [0.2, 0.25) is 0 Å². The van der Waals surface area contributed by atoms with E-state index in [-0.39, 0.29) is 22.9 Å². The minimum absolute atomic E-state index is 0.187. The van der Waals surface area contributed by atoms with Crippen LogP contribution in [0.1, 0.15) is 48.7 Å². The number of hydrogen-bond acceptors (Lipinski definition) is 7. The van der Waals surface area contributed by atoms with Gasteiger partial charge in [0.15, 0.2) is 0 Å². The van der Waals surface area contributed by atoms with E-state index in [1.807, 2.05) is 39.0 Å². The molecular formula is C30H33F2N7O3. The summed E-state index contributed by atoms with van der Waals surface area (Å²) in [7, 11) is 0. The van der Waals surface area contributed by atoms with Crippen molar-refractivity contribution in [2.75, 3.05) is 36.8 Å². The Hall–Kier alpha value is -4.58. The van der Waals surface area contributed by atoms with Crippen molar-refractivity contribution in [1.29, 1.82) is 0 Å². The molecule has 5 rings (SSSR count). The highest BCUT2D eigenvalue weighted by Crippen LogP contribution is 2.27. The van der Waals surface area contributed by atoms with Gasteiger partial charge in [-0.2, -0.15) is 5.10 Å². The lowest BCUT2D eigenvalue weighted by molar-refractivity contribution is 0.0139. The molecule has 0 saturated carbocycles. The third kappa shape index (κ3) is 7.19. The number of halogens is 2. The SMILES string of the molecule is CC(C)(C)OC(=O)N1CCN(Cc2cc(NC(=O)c3cccnc3Nc3ccc4cn[nH]c4c3)cc(C(F)F)c2)CC1. The maximum atomic E-state index is 13.8. The number of pyridine rings is 1. The van der Waals surface area contributed by atoms with Gasteiger partial charge in [-0.05, 0) is 74.9 Å². The van der Waals surface area contributed by atoms with Crippen molar-refractivity contribution < 1.29 is 23.1 Å². The summed E-state index contributed by atoms with van der Waals surface area (Å²) in [5, 5.41) is 13.8. The van der Waals surface area contributed by atoms with Gasteiger partial charge in [0.25, 0.3) is 12.3 Å². The number of fused-ring (bicyclic) bond motifs is 1. The summed E-state index contributed by atoms with van der Waals surface area (Å²) in [6, 6.07) is 13.3. The van der Waals surface area contributed by atoms with Gasteiger partial charge in [-0.1, -0.05) is 0 Å². The molecule has 10 nitrogen and oxygen atoms in total. The molecule has 0 unspecified atom stereocenters. The zero-order chi connectivity index (χ0) is 29.9. The normalized spacial score (nSPS) is 14.3. The molecule has 2 aromatic carbocycles. The van der Waals surface area contributed by atoms with Crippen molar-refractivity contribution in [1.82, 2.24) is 25.0 Å². The van der Waals surface area contributed by atoms with E-state index in [4.69, 9.17) is 4.74 Å². The molecule has 12 heteroatoms. The van der Waals surface area contributed by atoms with Crippen molar-refractivity contribution in [3.05, 3.63) is 77.6 Å². The fraction of sp³-hybridized carbons (Fsp3) is 0.333. The zero-order valence-electron chi connectivity index (χ0n) is 23.7. The van der Waals surface area contributed by atoms with E-state index in [9.17, 15) is 18.4 Å². The molecule has 0 radical (unpaired) electrons. The number of ether oxygens (including phenoxy) is 1. The Bertz CT molecular complexity index is 1580. The van der Waals surface area contributed by atoms with Crippen LogP contribution in [0.15, 0.2) is 60.9 Å². The summed E-state index contributed by atoms with van der Waals surface area (Å²) in [6.07, 6.45) is 0.201. The van der Waals surface area contributed by atoms with Crippen LogP contribution in [0.25, 0.3) is 10.9 Å². The molecule has 2 aromatic heterocycles. The van der Waals surface area contributed by atoms with Gasteiger partial charge in [-0.25, -0.2) is 18.6 Å². The fourth-order valence-corrected chi connectivity index (χ4v) is 4.72. The van der Waals surface area contributed by atoms with Crippen LogP contribution < -0.4 is 10.6 Å². The molecule has 1 aliphatic heterocycles. The summed E-state index contributed by atoms with van der Waals surface area (Å²) < 4.78 is 33.1. The molecule has 3 heterocycles. The number of hydrogen-bond donors (Lipinski definition) is 3. The minimum Gasteiger partial charge on any atom is -0.444 e. The summed E-state index contributed by atoms with van der Waals surface area (Å²) in [4.78, 5) is 33.8. The average Bonchev–Trinajstić information content (AvgIpc) is 3.41. The van der Waals surface area contributed by atoms with Crippen molar-refractivity contribution >= 4 is 40.1 Å². The lowest BCUT2D eigenvalue weighted by Gasteiger charge is -2.35. The van der Waals surface area contributed by atoms with Gasteiger partial charge in [0.05, 0.1) is 17.3 Å². The maximum absolute atomic E-state index is 13.8. The average molecular weight is 578 g/mol. The second-order valence-corrected chi connectivity index (χ2v) is 11.2. The van der Waals surface area contributed by atoms with E-state index < -0.39 is 17.9 Å². The standard InChI is InChI=1S/C30H33F2N7O3/c1-30(2,3)42-29(41)39-11-9-38(10-12-39)18-19-13-21(26(31)32)15-23(14-19)36-28(40)24-5-4-8-33-27(24)35-22-7-6-20-17-34-37-25(20)16-22/h4-8,13-17,26H,9-12,18H2,1-3H3,(H,33,35)(H,34,37)(H,36,40). The number of benzene rings is 2. The van der Waals surface area contributed by atoms with Crippen molar-refractivity contribution in [3.63, 3.8) is 0 Å². The lowest BCUT2D eigenvalue weighted by atomic mass is 10.1. The highest BCUT2D eigenvalue weighted by molar-refractivity contribution is 6.08. The Balaban J connectivity index is 1.28. The molecule has 4 aromatic rings. The molecule has 42 heavy (non-hydrogen) atoms. The molecule has 1 fully saturated rings. The molecule has 0 bridgehead atoms. The number of anilines is 3. The molecule has 0 spiro atoms. The number of carbonyl (C=O) groups excluding carboxylic acids is 2. The van der Waals surface area contributed by atoms with Crippen LogP contribution in [0.5, 0.6) is 0 Å². The number of aromatic amines is 1. The third-order valence-corrected chi connectivity index (χ3v) is 6.71. The predicted octanol–water partition coefficient (Wildman–Crippen LogP) is 5.94. The number of nitrogens with zero attached hydrogens (tertiary/aromatic N) is 4. The van der Waals surface area contributed by atoms with Crippen LogP contribution in [-0.2, 0) is 11.3 Å². The number of nitrogens with one attached hydrogen (secondary N) is 3. The number of amides is 2.